The fraction of sp³-hybridized carbons (Fsp3) is 0.625. The summed E-state index contributed by atoms with van der Waals surface area (Å²) in [6.07, 6.45) is 4.68. The molecule has 0 aliphatic rings. The molecule has 0 atom stereocenters. The van der Waals surface area contributed by atoms with Crippen molar-refractivity contribution >= 4 is 10.2 Å². The Labute approximate surface area is 89.7 Å². The molecule has 0 aliphatic heterocycles. The highest BCUT2D eigenvalue weighted by Crippen LogP contribution is 1.89. The molecule has 15 heavy (non-hydrogen) atoms. The van der Waals surface area contributed by atoms with Crippen LogP contribution in [-0.2, 0) is 16.6 Å². The summed E-state index contributed by atoms with van der Waals surface area (Å²) in [5.41, 5.74) is 0. The molecule has 0 aromatic carbocycles. The molecular formula is C8H16N4O2S. The molecule has 0 saturated carbocycles. The summed E-state index contributed by atoms with van der Waals surface area (Å²) in [6.45, 7) is 2.70. The van der Waals surface area contributed by atoms with Crippen molar-refractivity contribution in [3.63, 3.8) is 0 Å². The highest BCUT2D eigenvalue weighted by molar-refractivity contribution is 7.87. The Hall–Kier alpha value is -0.920. The van der Waals surface area contributed by atoms with E-state index in [4.69, 9.17) is 0 Å². The molecule has 1 rings (SSSR count). The molecule has 1 heterocycles. The SMILES string of the molecule is CCCNS(=O)(=O)NCCc1ncc[nH]1. The van der Waals surface area contributed by atoms with Crippen LogP contribution in [0.2, 0.25) is 0 Å². The van der Waals surface area contributed by atoms with Crippen molar-refractivity contribution in [3.05, 3.63) is 18.2 Å². The number of H-pyrrole nitrogens is 1. The van der Waals surface area contributed by atoms with Crippen LogP contribution in [0.1, 0.15) is 19.2 Å². The zero-order chi connectivity index (χ0) is 11.1. The normalized spacial score (nSPS) is 11.8. The first-order valence-corrected chi connectivity index (χ1v) is 6.35. The molecular weight excluding hydrogens is 216 g/mol. The minimum Gasteiger partial charge on any atom is -0.349 e. The van der Waals surface area contributed by atoms with Crippen molar-refractivity contribution in [2.45, 2.75) is 19.8 Å². The van der Waals surface area contributed by atoms with E-state index in [1.165, 1.54) is 0 Å². The molecule has 1 aromatic rings. The van der Waals surface area contributed by atoms with Gasteiger partial charge in [0.05, 0.1) is 0 Å². The summed E-state index contributed by atoms with van der Waals surface area (Å²) in [4.78, 5) is 6.89. The molecule has 0 fully saturated rings. The number of aromatic amines is 1. The molecule has 6 nitrogen and oxygen atoms in total. The molecule has 0 unspecified atom stereocenters. The second-order valence-corrected chi connectivity index (χ2v) is 4.66. The Morgan fingerprint density at radius 3 is 2.73 bits per heavy atom. The molecule has 1 aromatic heterocycles. The number of rotatable bonds is 7. The van der Waals surface area contributed by atoms with Gasteiger partial charge in [-0.2, -0.15) is 8.42 Å². The van der Waals surface area contributed by atoms with Crippen molar-refractivity contribution in [3.8, 4) is 0 Å². The van der Waals surface area contributed by atoms with Crippen molar-refractivity contribution in [2.75, 3.05) is 13.1 Å². The lowest BCUT2D eigenvalue weighted by atomic mass is 10.4. The molecule has 7 heteroatoms. The van der Waals surface area contributed by atoms with Crippen LogP contribution in [0, 0.1) is 0 Å². The minimum absolute atomic E-state index is 0.340. The van der Waals surface area contributed by atoms with Gasteiger partial charge in [0.15, 0.2) is 0 Å². The quantitative estimate of drug-likeness (QED) is 0.607. The maximum Gasteiger partial charge on any atom is 0.276 e. The van der Waals surface area contributed by atoms with E-state index in [9.17, 15) is 8.42 Å². The van der Waals surface area contributed by atoms with Crippen molar-refractivity contribution in [1.82, 2.24) is 19.4 Å². The third kappa shape index (κ3) is 4.91. The van der Waals surface area contributed by atoms with Crippen LogP contribution in [0.4, 0.5) is 0 Å². The number of imidazole rings is 1. The number of aromatic nitrogens is 2. The predicted molar refractivity (Wildman–Crippen MR) is 57.5 cm³/mol. The number of nitrogens with zero attached hydrogens (tertiary/aromatic N) is 1. The third-order valence-electron chi connectivity index (χ3n) is 1.75. The molecule has 0 bridgehead atoms. The molecule has 0 aliphatic carbocycles. The minimum atomic E-state index is -3.34. The van der Waals surface area contributed by atoms with Gasteiger partial charge in [-0.15, -0.1) is 0 Å². The van der Waals surface area contributed by atoms with E-state index in [1.807, 2.05) is 6.92 Å². The summed E-state index contributed by atoms with van der Waals surface area (Å²) in [5, 5.41) is 0. The molecule has 0 saturated heterocycles. The Morgan fingerprint density at radius 2 is 2.13 bits per heavy atom. The zero-order valence-electron chi connectivity index (χ0n) is 8.66. The second kappa shape index (κ2) is 5.84. The zero-order valence-corrected chi connectivity index (χ0v) is 9.47. The van der Waals surface area contributed by atoms with Crippen molar-refractivity contribution in [2.24, 2.45) is 0 Å². The monoisotopic (exact) mass is 232 g/mol. The number of hydrogen-bond donors (Lipinski definition) is 3. The number of nitrogens with one attached hydrogen (secondary N) is 3. The molecule has 0 spiro atoms. The van der Waals surface area contributed by atoms with Crippen molar-refractivity contribution in [1.29, 1.82) is 0 Å². The largest absolute Gasteiger partial charge is 0.349 e. The standard InChI is InChI=1S/C8H16N4O2S/c1-2-4-11-15(13,14)12-5-3-8-9-6-7-10-8/h6-7,11-12H,2-5H2,1H3,(H,9,10). The van der Waals surface area contributed by atoms with Crippen LogP contribution in [0.25, 0.3) is 0 Å². The molecule has 0 radical (unpaired) electrons. The average molecular weight is 232 g/mol. The highest BCUT2D eigenvalue weighted by atomic mass is 32.2. The summed E-state index contributed by atoms with van der Waals surface area (Å²) in [6, 6.07) is 0. The van der Waals surface area contributed by atoms with Gasteiger partial charge in [-0.1, -0.05) is 6.92 Å². The molecule has 86 valence electrons. The fourth-order valence-electron chi connectivity index (χ4n) is 1.03. The highest BCUT2D eigenvalue weighted by Gasteiger charge is 2.07. The van der Waals surface area contributed by atoms with Gasteiger partial charge < -0.3 is 4.98 Å². The van der Waals surface area contributed by atoms with Gasteiger partial charge in [0.1, 0.15) is 5.82 Å². The van der Waals surface area contributed by atoms with Gasteiger partial charge in [0.2, 0.25) is 0 Å². The van der Waals surface area contributed by atoms with Crippen LogP contribution in [0.5, 0.6) is 0 Å². The van der Waals surface area contributed by atoms with Gasteiger partial charge in [0.25, 0.3) is 10.2 Å². The fourth-order valence-corrected chi connectivity index (χ4v) is 1.97. The molecule has 3 N–H and O–H groups in total. The maximum absolute atomic E-state index is 11.3. The van der Waals surface area contributed by atoms with E-state index in [2.05, 4.69) is 19.4 Å². The lowest BCUT2D eigenvalue weighted by Crippen LogP contribution is -2.37. The van der Waals surface area contributed by atoms with E-state index in [0.29, 0.717) is 19.5 Å². The van der Waals surface area contributed by atoms with Crippen molar-refractivity contribution < 1.29 is 8.42 Å². The van der Waals surface area contributed by atoms with E-state index >= 15 is 0 Å². The average Bonchev–Trinajstić information content (AvgIpc) is 2.67. The first-order valence-electron chi connectivity index (χ1n) is 4.86. The summed E-state index contributed by atoms with van der Waals surface area (Å²) < 4.78 is 27.4. The molecule has 0 amide bonds. The van der Waals surface area contributed by atoms with Gasteiger partial charge in [0, 0.05) is 31.9 Å². The van der Waals surface area contributed by atoms with Gasteiger partial charge in [-0.3, -0.25) is 0 Å². The maximum atomic E-state index is 11.3. The predicted octanol–water partition coefficient (Wildman–Crippen LogP) is -0.214. The Balaban J connectivity index is 2.24. The van der Waals surface area contributed by atoms with E-state index in [1.54, 1.807) is 12.4 Å². The topological polar surface area (TPSA) is 86.9 Å². The summed E-state index contributed by atoms with van der Waals surface area (Å²) >= 11 is 0. The van der Waals surface area contributed by atoms with Crippen LogP contribution >= 0.6 is 0 Å². The van der Waals surface area contributed by atoms with Crippen LogP contribution in [-0.4, -0.2) is 31.5 Å². The lowest BCUT2D eigenvalue weighted by Gasteiger charge is -2.05. The van der Waals surface area contributed by atoms with E-state index in [-0.39, 0.29) is 0 Å². The smallest absolute Gasteiger partial charge is 0.276 e. The van der Waals surface area contributed by atoms with Crippen LogP contribution in [0.15, 0.2) is 12.4 Å². The Morgan fingerprint density at radius 1 is 1.40 bits per heavy atom. The third-order valence-corrected chi connectivity index (χ3v) is 2.92. The summed E-state index contributed by atoms with van der Waals surface area (Å²) in [5.74, 6) is 0.771. The first-order chi connectivity index (χ1) is 7.14. The second-order valence-electron chi connectivity index (χ2n) is 3.08. The Kier molecular flexibility index (Phi) is 4.73. The lowest BCUT2D eigenvalue weighted by molar-refractivity contribution is 0.565. The van der Waals surface area contributed by atoms with Gasteiger partial charge in [-0.05, 0) is 6.42 Å². The Bertz CT molecular complexity index is 360. The number of hydrogen-bond acceptors (Lipinski definition) is 3. The summed E-state index contributed by atoms with van der Waals surface area (Å²) in [7, 11) is -3.34. The van der Waals surface area contributed by atoms with Gasteiger partial charge >= 0.3 is 0 Å². The van der Waals surface area contributed by atoms with Crippen LogP contribution in [0.3, 0.4) is 0 Å². The first kappa shape index (κ1) is 12.2. The van der Waals surface area contributed by atoms with Gasteiger partial charge in [-0.25, -0.2) is 14.4 Å². The van der Waals surface area contributed by atoms with E-state index < -0.39 is 10.2 Å². The van der Waals surface area contributed by atoms with E-state index in [0.717, 1.165) is 12.2 Å². The van der Waals surface area contributed by atoms with Crippen LogP contribution < -0.4 is 9.44 Å².